The van der Waals surface area contributed by atoms with Gasteiger partial charge in [0, 0.05) is 37.1 Å². The van der Waals surface area contributed by atoms with E-state index in [1.165, 1.54) is 97.3 Å². The summed E-state index contributed by atoms with van der Waals surface area (Å²) in [5.41, 5.74) is 4.29. The van der Waals surface area contributed by atoms with Gasteiger partial charge in [0.15, 0.2) is 22.8 Å². The molecule has 2 aromatic heterocycles. The third kappa shape index (κ3) is 23.2. The average Bonchev–Trinajstić information content (AvgIpc) is 3.85. The number of fused-ring (bicyclic) bond motifs is 1. The van der Waals surface area contributed by atoms with Crippen LogP contribution in [0.2, 0.25) is 0 Å². The lowest BCUT2D eigenvalue weighted by molar-refractivity contribution is -0.137. The quantitative estimate of drug-likeness (QED) is 0.0279. The van der Waals surface area contributed by atoms with Crippen LogP contribution in [0.1, 0.15) is 149 Å². The first-order valence-electron chi connectivity index (χ1n) is 24.0. The molecule has 0 spiro atoms. The van der Waals surface area contributed by atoms with Crippen molar-refractivity contribution in [3.63, 3.8) is 0 Å². The van der Waals surface area contributed by atoms with Crippen molar-refractivity contribution in [1.29, 1.82) is 0 Å². The van der Waals surface area contributed by atoms with E-state index in [0.717, 1.165) is 54.2 Å². The van der Waals surface area contributed by atoms with Crippen LogP contribution in [0.25, 0.3) is 11.2 Å². The molecule has 2 amide bonds. The lowest BCUT2D eigenvalue weighted by Crippen LogP contribution is -2.46. The Morgan fingerprint density at radius 3 is 2.09 bits per heavy atom. The van der Waals surface area contributed by atoms with Gasteiger partial charge >= 0.3 is 23.5 Å². The minimum atomic E-state index is -5.58. The molecule has 0 aliphatic carbocycles. The number of thioether (sulfide) groups is 1. The van der Waals surface area contributed by atoms with Gasteiger partial charge in [0.05, 0.1) is 19.5 Å². The summed E-state index contributed by atoms with van der Waals surface area (Å²) in [6, 6.07) is 0. The SMILES string of the molecule is CCCCCCCCCC(C)CCCCCCCCCC(=O)SCCNC(=O)CCNC(=O)C(O)C(C)(C)COP(=O)(O)OP(=O)(O)OCC1OC(n2cnc3c(N)ncnc32)C(O)C1OP(=O)(O)O. The van der Waals surface area contributed by atoms with E-state index < -0.39 is 84.6 Å². The summed E-state index contributed by atoms with van der Waals surface area (Å²) >= 11 is 1.16. The van der Waals surface area contributed by atoms with Crippen molar-refractivity contribution in [3.8, 4) is 0 Å². The number of rotatable bonds is 37. The summed E-state index contributed by atoms with van der Waals surface area (Å²) in [6.45, 7) is 5.21. The molecule has 28 heteroatoms. The first kappa shape index (κ1) is 61.9. The second-order valence-electron chi connectivity index (χ2n) is 18.3. The second kappa shape index (κ2) is 30.7. The lowest BCUT2D eigenvalue weighted by atomic mass is 9.87. The molecule has 3 rings (SSSR count). The molecule has 10 N–H and O–H groups in total. The third-order valence-electron chi connectivity index (χ3n) is 11.6. The Bertz CT molecular complexity index is 2070. The Morgan fingerprint density at radius 1 is 0.857 bits per heavy atom. The molecule has 0 saturated carbocycles. The van der Waals surface area contributed by atoms with Gasteiger partial charge in [0.1, 0.15) is 36.3 Å². The number of ether oxygens (including phenoxy) is 1. The van der Waals surface area contributed by atoms with Gasteiger partial charge in [-0.3, -0.25) is 32.5 Å². The van der Waals surface area contributed by atoms with Crippen molar-refractivity contribution in [1.82, 2.24) is 30.2 Å². The number of hydrogen-bond acceptors (Lipinski definition) is 18. The van der Waals surface area contributed by atoms with Gasteiger partial charge in [-0.2, -0.15) is 4.31 Å². The van der Waals surface area contributed by atoms with Crippen LogP contribution in [0.15, 0.2) is 12.7 Å². The predicted octanol–water partition coefficient (Wildman–Crippen LogP) is 5.95. The maximum Gasteiger partial charge on any atom is 0.481 e. The van der Waals surface area contributed by atoms with E-state index in [-0.39, 0.29) is 41.6 Å². The fourth-order valence-corrected chi connectivity index (χ4v) is 11.2. The van der Waals surface area contributed by atoms with Gasteiger partial charge in [-0.05, 0) is 12.3 Å². The molecule has 8 unspecified atom stereocenters. The largest absolute Gasteiger partial charge is 0.481 e. The highest BCUT2D eigenvalue weighted by molar-refractivity contribution is 8.13. The predicted molar refractivity (Wildman–Crippen MR) is 260 cm³/mol. The van der Waals surface area contributed by atoms with Crippen LogP contribution in [0.3, 0.4) is 0 Å². The molecule has 1 fully saturated rings. The van der Waals surface area contributed by atoms with Gasteiger partial charge in [0.2, 0.25) is 11.8 Å². The summed E-state index contributed by atoms with van der Waals surface area (Å²) in [5.74, 6) is -0.209. The van der Waals surface area contributed by atoms with Crippen LogP contribution in [0, 0.1) is 11.3 Å². The van der Waals surface area contributed by atoms with Crippen LogP contribution in [0.5, 0.6) is 0 Å². The van der Waals surface area contributed by atoms with Gasteiger partial charge in [0.25, 0.3) is 0 Å². The molecule has 1 aliphatic rings. The number of carbonyl (C=O) groups excluding carboxylic acids is 3. The Labute approximate surface area is 414 Å². The van der Waals surface area contributed by atoms with Crippen molar-refractivity contribution < 1.29 is 80.5 Å². The molecule has 8 atom stereocenters. The first-order valence-corrected chi connectivity index (χ1v) is 29.5. The zero-order chi connectivity index (χ0) is 52.0. The van der Waals surface area contributed by atoms with E-state index in [2.05, 4.69) is 48.3 Å². The van der Waals surface area contributed by atoms with E-state index in [1.807, 2.05) is 0 Å². The van der Waals surface area contributed by atoms with Crippen LogP contribution in [-0.2, 0) is 50.7 Å². The molecule has 1 saturated heterocycles. The maximum atomic E-state index is 12.8. The monoisotopic (exact) mass is 1080 g/mol. The number of aliphatic hydroxyl groups is 2. The van der Waals surface area contributed by atoms with E-state index in [1.54, 1.807) is 0 Å². The molecule has 24 nitrogen and oxygen atoms in total. The number of phosphoric ester groups is 3. The Morgan fingerprint density at radius 2 is 1.46 bits per heavy atom. The van der Waals surface area contributed by atoms with E-state index >= 15 is 0 Å². The second-order valence-corrected chi connectivity index (χ2v) is 23.7. The Hall–Kier alpha value is -2.44. The van der Waals surface area contributed by atoms with Crippen LogP contribution >= 0.6 is 35.2 Å². The van der Waals surface area contributed by atoms with Gasteiger partial charge < -0.3 is 50.9 Å². The minimum absolute atomic E-state index is 0.0341. The third-order valence-corrected chi connectivity index (χ3v) is 15.7. The molecular formula is C42H76N7O17P3S. The number of nitrogens with one attached hydrogen (secondary N) is 2. The Kier molecular flexibility index (Phi) is 27.1. The smallest absolute Gasteiger partial charge is 0.386 e. The fraction of sp³-hybridized carbons (Fsp3) is 0.810. The minimum Gasteiger partial charge on any atom is -0.386 e. The number of nitrogens with zero attached hydrogens (tertiary/aromatic N) is 4. The topological polar surface area (TPSA) is 364 Å². The zero-order valence-electron chi connectivity index (χ0n) is 40.7. The standard InChI is InChI=1S/C42H76N7O17P3S/c1-5-6-7-8-10-13-16-19-30(2)20-17-14-11-9-12-15-18-21-33(51)70-25-24-44-32(50)22-23-45-40(54)37(53)42(3,4)27-63-69(60,61)66-68(58,59)62-26-31-36(65-67(55,56)57)35(52)41(64-31)49-29-48-34-38(43)46-28-47-39(34)49/h28-31,35-37,41,52-53H,5-27H2,1-4H3,(H,44,50)(H,45,54)(H,58,59)(H,60,61)(H2,43,46,47)(H2,55,56,57). The van der Waals surface area contributed by atoms with E-state index in [0.29, 0.717) is 12.2 Å². The number of unbranched alkanes of at least 4 members (excludes halogenated alkanes) is 12. The zero-order valence-corrected chi connectivity index (χ0v) is 44.2. The molecule has 1 aliphatic heterocycles. The molecule has 0 bridgehead atoms. The average molecular weight is 1080 g/mol. The van der Waals surface area contributed by atoms with Crippen LogP contribution < -0.4 is 16.4 Å². The van der Waals surface area contributed by atoms with Gasteiger partial charge in [-0.1, -0.05) is 136 Å². The summed E-state index contributed by atoms with van der Waals surface area (Å²) < 4.78 is 62.5. The maximum absolute atomic E-state index is 12.8. The molecule has 0 aromatic carbocycles. The number of anilines is 1. The van der Waals surface area contributed by atoms with Crippen molar-refractivity contribution >= 4 is 69.1 Å². The molecule has 0 radical (unpaired) electrons. The van der Waals surface area contributed by atoms with E-state index in [9.17, 15) is 57.9 Å². The number of amides is 2. The number of nitrogen functional groups attached to an aromatic ring is 1. The Balaban J connectivity index is 1.27. The highest BCUT2D eigenvalue weighted by Crippen LogP contribution is 2.61. The number of aliphatic hydroxyl groups excluding tert-OH is 2. The summed E-state index contributed by atoms with van der Waals surface area (Å²) in [5, 5.41) is 26.7. The van der Waals surface area contributed by atoms with Gasteiger partial charge in [-0.25, -0.2) is 28.6 Å². The van der Waals surface area contributed by atoms with Crippen molar-refractivity contribution in [2.45, 2.75) is 174 Å². The van der Waals surface area contributed by atoms with Crippen molar-refractivity contribution in [2.75, 3.05) is 37.8 Å². The first-order chi connectivity index (χ1) is 32.9. The summed E-state index contributed by atoms with van der Waals surface area (Å²) in [4.78, 5) is 88.5. The van der Waals surface area contributed by atoms with Crippen LogP contribution in [0.4, 0.5) is 5.82 Å². The van der Waals surface area contributed by atoms with Crippen molar-refractivity contribution in [2.24, 2.45) is 11.3 Å². The molecule has 2 aromatic rings. The van der Waals surface area contributed by atoms with E-state index in [4.69, 9.17) is 19.5 Å². The molecule has 402 valence electrons. The highest BCUT2D eigenvalue weighted by Gasteiger charge is 2.50. The highest BCUT2D eigenvalue weighted by atomic mass is 32.2. The summed E-state index contributed by atoms with van der Waals surface area (Å²) in [6.07, 6.45) is 13.7. The normalized spacial score (nSPS) is 20.2. The fourth-order valence-electron chi connectivity index (χ4n) is 7.61. The number of hydrogen-bond donors (Lipinski definition) is 9. The number of carbonyl (C=O) groups is 3. The van der Waals surface area contributed by atoms with Gasteiger partial charge in [-0.15, -0.1) is 0 Å². The van der Waals surface area contributed by atoms with Crippen LogP contribution in [-0.4, -0.2) is 123 Å². The van der Waals surface area contributed by atoms with Crippen molar-refractivity contribution in [3.05, 3.63) is 12.7 Å². The molecular weight excluding hydrogens is 999 g/mol. The number of phosphoric acid groups is 3. The summed E-state index contributed by atoms with van der Waals surface area (Å²) in [7, 11) is -16.4. The molecule has 70 heavy (non-hydrogen) atoms. The number of nitrogens with two attached hydrogens (primary N) is 1. The number of imidazole rings is 1. The molecule has 3 heterocycles. The number of aromatic nitrogens is 4. The lowest BCUT2D eigenvalue weighted by Gasteiger charge is -2.30.